The first kappa shape index (κ1) is 21.7. The van der Waals surface area contributed by atoms with E-state index in [0.717, 1.165) is 65.7 Å². The van der Waals surface area contributed by atoms with E-state index in [9.17, 15) is 0 Å². The molecule has 1 fully saturated rings. The lowest BCUT2D eigenvalue weighted by atomic mass is 9.95. The van der Waals surface area contributed by atoms with Crippen molar-refractivity contribution in [2.24, 2.45) is 11.7 Å². The molecule has 6 rings (SSSR count). The summed E-state index contributed by atoms with van der Waals surface area (Å²) in [7, 11) is 0. The minimum absolute atomic E-state index is 0.227. The van der Waals surface area contributed by atoms with Gasteiger partial charge in [-0.3, -0.25) is 9.97 Å². The SMILES string of the molecule is C[C@@H]1C[C@H](N)CN(c2ccncc2CCc2ccc3ccc(-c4ccn5ccnc5c4)cc3n2)C1. The Morgan fingerprint density at radius 1 is 0.943 bits per heavy atom. The molecule has 2 N–H and O–H groups in total. The molecule has 1 aromatic carbocycles. The van der Waals surface area contributed by atoms with Gasteiger partial charge in [0.05, 0.1) is 5.52 Å². The van der Waals surface area contributed by atoms with Crippen molar-refractivity contribution in [3.63, 3.8) is 0 Å². The Bertz CT molecular complexity index is 1480. The average Bonchev–Trinajstić information content (AvgIpc) is 3.35. The number of aryl methyl sites for hydroxylation is 2. The molecule has 0 amide bonds. The third-order valence-corrected chi connectivity index (χ3v) is 7.04. The van der Waals surface area contributed by atoms with Crippen LogP contribution in [0.15, 0.2) is 79.5 Å². The second-order valence-electron chi connectivity index (χ2n) is 9.83. The van der Waals surface area contributed by atoms with Crippen LogP contribution < -0.4 is 10.6 Å². The van der Waals surface area contributed by atoms with E-state index in [2.05, 4.69) is 70.3 Å². The fraction of sp³-hybridized carbons (Fsp3) is 0.276. The van der Waals surface area contributed by atoms with Crippen molar-refractivity contribution >= 4 is 22.2 Å². The summed E-state index contributed by atoms with van der Waals surface area (Å²) in [5.74, 6) is 0.602. The molecule has 0 spiro atoms. The Kier molecular flexibility index (Phi) is 5.66. The van der Waals surface area contributed by atoms with Crippen LogP contribution in [0.4, 0.5) is 5.69 Å². The van der Waals surface area contributed by atoms with Crippen molar-refractivity contribution in [2.45, 2.75) is 32.2 Å². The van der Waals surface area contributed by atoms with Crippen molar-refractivity contribution in [2.75, 3.05) is 18.0 Å². The topological polar surface area (TPSA) is 72.3 Å². The third kappa shape index (κ3) is 4.49. The van der Waals surface area contributed by atoms with Gasteiger partial charge in [-0.15, -0.1) is 0 Å². The lowest BCUT2D eigenvalue weighted by Crippen LogP contribution is -2.46. The maximum atomic E-state index is 6.32. The summed E-state index contributed by atoms with van der Waals surface area (Å²) in [5.41, 5.74) is 14.2. The van der Waals surface area contributed by atoms with E-state index in [1.54, 1.807) is 0 Å². The number of nitrogens with two attached hydrogens (primary N) is 1. The molecule has 176 valence electrons. The molecule has 1 saturated heterocycles. The maximum absolute atomic E-state index is 6.32. The number of rotatable bonds is 5. The molecule has 0 aliphatic carbocycles. The fourth-order valence-electron chi connectivity index (χ4n) is 5.35. The van der Waals surface area contributed by atoms with E-state index < -0.39 is 0 Å². The first-order valence-corrected chi connectivity index (χ1v) is 12.4. The van der Waals surface area contributed by atoms with Crippen LogP contribution >= 0.6 is 0 Å². The number of piperidine rings is 1. The second-order valence-corrected chi connectivity index (χ2v) is 9.83. The highest BCUT2D eigenvalue weighted by atomic mass is 15.2. The van der Waals surface area contributed by atoms with Crippen LogP contribution in [-0.4, -0.2) is 38.5 Å². The van der Waals surface area contributed by atoms with Crippen LogP contribution in [-0.2, 0) is 12.8 Å². The van der Waals surface area contributed by atoms with Gasteiger partial charge in [0.2, 0.25) is 0 Å². The summed E-state index contributed by atoms with van der Waals surface area (Å²) >= 11 is 0. The summed E-state index contributed by atoms with van der Waals surface area (Å²) in [4.78, 5) is 16.3. The minimum atomic E-state index is 0.227. The molecule has 5 aromatic rings. The number of benzene rings is 1. The molecule has 6 heteroatoms. The van der Waals surface area contributed by atoms with Gasteiger partial charge in [0.25, 0.3) is 0 Å². The van der Waals surface area contributed by atoms with Crippen molar-refractivity contribution in [1.29, 1.82) is 0 Å². The first-order chi connectivity index (χ1) is 17.1. The van der Waals surface area contributed by atoms with Crippen molar-refractivity contribution in [3.8, 4) is 11.1 Å². The van der Waals surface area contributed by atoms with Crippen LogP contribution in [0.25, 0.3) is 27.7 Å². The van der Waals surface area contributed by atoms with Crippen molar-refractivity contribution in [3.05, 3.63) is 90.8 Å². The van der Waals surface area contributed by atoms with Crippen molar-refractivity contribution < 1.29 is 0 Å². The van der Waals surface area contributed by atoms with E-state index in [4.69, 9.17) is 10.7 Å². The Hall–Kier alpha value is -3.77. The molecule has 4 aromatic heterocycles. The Morgan fingerprint density at radius 3 is 2.74 bits per heavy atom. The molecule has 0 saturated carbocycles. The molecule has 0 bridgehead atoms. The molecule has 6 nitrogen and oxygen atoms in total. The predicted molar refractivity (Wildman–Crippen MR) is 142 cm³/mol. The molecule has 0 unspecified atom stereocenters. The molecule has 5 heterocycles. The number of hydrogen-bond acceptors (Lipinski definition) is 5. The average molecular weight is 463 g/mol. The zero-order chi connectivity index (χ0) is 23.8. The Labute approximate surface area is 205 Å². The maximum Gasteiger partial charge on any atom is 0.137 e. The monoisotopic (exact) mass is 462 g/mol. The van der Waals surface area contributed by atoms with Gasteiger partial charge in [-0.25, -0.2) is 4.98 Å². The zero-order valence-electron chi connectivity index (χ0n) is 20.0. The first-order valence-electron chi connectivity index (χ1n) is 12.4. The number of hydrogen-bond donors (Lipinski definition) is 1. The van der Waals surface area contributed by atoms with Gasteiger partial charge in [-0.2, -0.15) is 0 Å². The second kappa shape index (κ2) is 9.12. The number of pyridine rings is 3. The van der Waals surface area contributed by atoms with E-state index in [1.807, 2.05) is 35.4 Å². The highest BCUT2D eigenvalue weighted by molar-refractivity contribution is 5.84. The third-order valence-electron chi connectivity index (χ3n) is 7.04. The summed E-state index contributed by atoms with van der Waals surface area (Å²) in [6, 6.07) is 17.4. The van der Waals surface area contributed by atoms with E-state index in [-0.39, 0.29) is 6.04 Å². The molecule has 1 aliphatic heterocycles. The lowest BCUT2D eigenvalue weighted by Gasteiger charge is -2.37. The molecular formula is C29H30N6. The number of imidazole rings is 1. The lowest BCUT2D eigenvalue weighted by molar-refractivity contribution is 0.401. The fourth-order valence-corrected chi connectivity index (χ4v) is 5.35. The Balaban J connectivity index is 1.24. The number of fused-ring (bicyclic) bond motifs is 2. The van der Waals surface area contributed by atoms with Gasteiger partial charge in [-0.1, -0.05) is 25.1 Å². The van der Waals surface area contributed by atoms with Gasteiger partial charge in [0, 0.05) is 66.9 Å². The normalized spacial score (nSPS) is 18.4. The van der Waals surface area contributed by atoms with E-state index >= 15 is 0 Å². The van der Waals surface area contributed by atoms with E-state index in [0.29, 0.717) is 5.92 Å². The van der Waals surface area contributed by atoms with Crippen LogP contribution in [0.3, 0.4) is 0 Å². The van der Waals surface area contributed by atoms with Crippen LogP contribution in [0, 0.1) is 5.92 Å². The molecule has 2 atom stereocenters. The molecule has 1 aliphatic rings. The predicted octanol–water partition coefficient (Wildman–Crippen LogP) is 4.90. The minimum Gasteiger partial charge on any atom is -0.369 e. The number of anilines is 1. The van der Waals surface area contributed by atoms with Crippen LogP contribution in [0.2, 0.25) is 0 Å². The molecule has 35 heavy (non-hydrogen) atoms. The number of aromatic nitrogens is 4. The van der Waals surface area contributed by atoms with Gasteiger partial charge in [0.15, 0.2) is 0 Å². The van der Waals surface area contributed by atoms with Crippen molar-refractivity contribution in [1.82, 2.24) is 19.4 Å². The van der Waals surface area contributed by atoms with Crippen LogP contribution in [0.1, 0.15) is 24.6 Å². The summed E-state index contributed by atoms with van der Waals surface area (Å²) in [6.45, 7) is 4.24. The van der Waals surface area contributed by atoms with Gasteiger partial charge >= 0.3 is 0 Å². The highest BCUT2D eigenvalue weighted by Crippen LogP contribution is 2.28. The van der Waals surface area contributed by atoms with E-state index in [1.165, 1.54) is 11.3 Å². The zero-order valence-corrected chi connectivity index (χ0v) is 20.0. The Morgan fingerprint density at radius 2 is 1.83 bits per heavy atom. The summed E-state index contributed by atoms with van der Waals surface area (Å²) in [5, 5.41) is 1.15. The van der Waals surface area contributed by atoms with Gasteiger partial charge < -0.3 is 15.0 Å². The number of nitrogens with zero attached hydrogens (tertiary/aromatic N) is 5. The smallest absolute Gasteiger partial charge is 0.137 e. The summed E-state index contributed by atoms with van der Waals surface area (Å²) < 4.78 is 2.02. The molecule has 0 radical (unpaired) electrons. The summed E-state index contributed by atoms with van der Waals surface area (Å²) in [6.07, 6.45) is 12.6. The largest absolute Gasteiger partial charge is 0.369 e. The van der Waals surface area contributed by atoms with Gasteiger partial charge in [0.1, 0.15) is 5.65 Å². The van der Waals surface area contributed by atoms with Crippen LogP contribution in [0.5, 0.6) is 0 Å². The molecular weight excluding hydrogens is 432 g/mol. The highest BCUT2D eigenvalue weighted by Gasteiger charge is 2.23. The quantitative estimate of drug-likeness (QED) is 0.402. The standard InChI is InChI=1S/C29H30N6/c1-20-14-25(30)19-35(18-20)28-8-10-31-17-24(28)5-7-26-6-4-21-2-3-22(15-27(21)33-26)23-9-12-34-13-11-32-29(34)16-23/h2-4,6,8-13,15-17,20,25H,5,7,14,18-19,30H2,1H3/t20-,25+/m1/s1. The van der Waals surface area contributed by atoms with Gasteiger partial charge in [-0.05, 0) is 72.2 Å².